The molecule has 0 saturated carbocycles. The average molecular weight is 292 g/mol. The van der Waals surface area contributed by atoms with Crippen molar-refractivity contribution in [2.24, 2.45) is 5.10 Å². The molecule has 0 aliphatic carbocycles. The van der Waals surface area contributed by atoms with Crippen LogP contribution in [0, 0.1) is 4.77 Å². The zero-order valence-corrected chi connectivity index (χ0v) is 11.6. The Bertz CT molecular complexity index is 713. The Morgan fingerprint density at radius 2 is 1.85 bits per heavy atom. The summed E-state index contributed by atoms with van der Waals surface area (Å²) in [6.07, 6.45) is 0. The van der Waals surface area contributed by atoms with Crippen molar-refractivity contribution in [2.45, 2.75) is 0 Å². The summed E-state index contributed by atoms with van der Waals surface area (Å²) in [6, 6.07) is 5.46. The molecular weight excluding hydrogens is 280 g/mol. The van der Waals surface area contributed by atoms with Gasteiger partial charge in [-0.25, -0.2) is 10.5 Å². The fraction of sp³-hybridized carbons (Fsp3) is 0.182. The maximum absolute atomic E-state index is 5.24. The van der Waals surface area contributed by atoms with Crippen LogP contribution in [0.25, 0.3) is 0 Å². The van der Waals surface area contributed by atoms with Crippen LogP contribution in [0.1, 0.15) is 5.56 Å². The predicted octanol–water partition coefficient (Wildman–Crippen LogP) is 1.29. The van der Waals surface area contributed by atoms with Crippen molar-refractivity contribution in [2.75, 3.05) is 25.1 Å². The van der Waals surface area contributed by atoms with Crippen molar-refractivity contribution in [3.05, 3.63) is 28.5 Å². The van der Waals surface area contributed by atoms with Gasteiger partial charge < -0.3 is 9.47 Å². The molecule has 0 fully saturated rings. The van der Waals surface area contributed by atoms with Crippen LogP contribution in [0.3, 0.4) is 0 Å². The third kappa shape index (κ3) is 2.07. The van der Waals surface area contributed by atoms with Gasteiger partial charge in [0.1, 0.15) is 11.5 Å². The second-order valence-electron chi connectivity index (χ2n) is 3.97. The molecule has 0 spiro atoms. The Labute approximate surface area is 119 Å². The van der Waals surface area contributed by atoms with E-state index in [1.54, 1.807) is 25.0 Å². The van der Waals surface area contributed by atoms with E-state index in [0.29, 0.717) is 28.1 Å². The van der Waals surface area contributed by atoms with E-state index in [1.807, 2.05) is 12.1 Å². The highest BCUT2D eigenvalue weighted by Crippen LogP contribution is 2.23. The monoisotopic (exact) mass is 292 g/mol. The van der Waals surface area contributed by atoms with Crippen molar-refractivity contribution in [3.63, 3.8) is 0 Å². The first-order valence-corrected chi connectivity index (χ1v) is 6.13. The molecule has 8 nitrogen and oxygen atoms in total. The molecule has 0 radical (unpaired) electrons. The van der Waals surface area contributed by atoms with Gasteiger partial charge in [0.05, 0.1) is 14.2 Å². The standard InChI is InChI=1S/C11H12N6O2S/c1-18-7-3-6(4-8(5-7)19-2)9-12-13-10-14-15-11(20)17(10)16-9/h3-5H,1-2H3,(H,12,16)(H,13,14)(H,15,20). The molecule has 1 aromatic carbocycles. The van der Waals surface area contributed by atoms with Crippen LogP contribution in [-0.4, -0.2) is 34.9 Å². The maximum atomic E-state index is 5.24. The van der Waals surface area contributed by atoms with Gasteiger partial charge in [0.15, 0.2) is 5.84 Å². The summed E-state index contributed by atoms with van der Waals surface area (Å²) in [4.78, 5) is 0. The molecule has 1 aromatic heterocycles. The van der Waals surface area contributed by atoms with Gasteiger partial charge in [-0.3, -0.25) is 5.43 Å². The third-order valence-electron chi connectivity index (χ3n) is 2.78. The number of hydrogen-bond donors (Lipinski definition) is 3. The Hall–Kier alpha value is -2.55. The van der Waals surface area contributed by atoms with E-state index in [4.69, 9.17) is 21.7 Å². The van der Waals surface area contributed by atoms with E-state index in [0.717, 1.165) is 5.56 Å². The topological polar surface area (TPSA) is 88.5 Å². The minimum Gasteiger partial charge on any atom is -0.497 e. The number of aromatic amines is 1. The first-order valence-electron chi connectivity index (χ1n) is 5.73. The number of anilines is 1. The van der Waals surface area contributed by atoms with Gasteiger partial charge in [-0.05, 0) is 24.4 Å². The Morgan fingerprint density at radius 3 is 2.50 bits per heavy atom. The molecule has 3 rings (SSSR count). The number of amidine groups is 1. The maximum Gasteiger partial charge on any atom is 0.263 e. The predicted molar refractivity (Wildman–Crippen MR) is 76.5 cm³/mol. The van der Waals surface area contributed by atoms with E-state index in [2.05, 4.69) is 26.2 Å². The second kappa shape index (κ2) is 4.85. The number of aromatic nitrogens is 3. The molecule has 3 N–H and O–H groups in total. The van der Waals surface area contributed by atoms with Gasteiger partial charge in [0.25, 0.3) is 5.95 Å². The number of nitrogens with zero attached hydrogens (tertiary/aromatic N) is 3. The molecule has 0 atom stereocenters. The van der Waals surface area contributed by atoms with Crippen LogP contribution in [0.15, 0.2) is 23.3 Å². The van der Waals surface area contributed by atoms with Gasteiger partial charge in [-0.1, -0.05) is 0 Å². The fourth-order valence-electron chi connectivity index (χ4n) is 1.79. The van der Waals surface area contributed by atoms with E-state index < -0.39 is 0 Å². The molecule has 20 heavy (non-hydrogen) atoms. The lowest BCUT2D eigenvalue weighted by atomic mass is 10.2. The zero-order valence-electron chi connectivity index (χ0n) is 10.8. The molecule has 1 aliphatic heterocycles. The normalized spacial score (nSPS) is 12.8. The van der Waals surface area contributed by atoms with Crippen LogP contribution in [-0.2, 0) is 0 Å². The summed E-state index contributed by atoms with van der Waals surface area (Å²) in [6.45, 7) is 0. The van der Waals surface area contributed by atoms with Crippen LogP contribution in [0.2, 0.25) is 0 Å². The summed E-state index contributed by atoms with van der Waals surface area (Å²) in [5.74, 6) is 2.41. The Kier molecular flexibility index (Phi) is 3.03. The van der Waals surface area contributed by atoms with E-state index in [1.165, 1.54) is 0 Å². The average Bonchev–Trinajstić information content (AvgIpc) is 2.87. The molecule has 2 heterocycles. The van der Waals surface area contributed by atoms with Crippen LogP contribution < -0.4 is 20.3 Å². The Morgan fingerprint density at radius 1 is 1.15 bits per heavy atom. The molecular formula is C11H12N6O2S. The number of methoxy groups -OCH3 is 2. The number of hydrogen-bond acceptors (Lipinski definition) is 7. The third-order valence-corrected chi connectivity index (χ3v) is 3.06. The van der Waals surface area contributed by atoms with Gasteiger partial charge in [-0.15, -0.1) is 5.10 Å². The van der Waals surface area contributed by atoms with E-state index in [9.17, 15) is 0 Å². The minimum atomic E-state index is 0.440. The number of H-pyrrole nitrogens is 1. The molecule has 0 saturated heterocycles. The molecule has 0 amide bonds. The molecule has 1 aliphatic rings. The minimum absolute atomic E-state index is 0.440. The van der Waals surface area contributed by atoms with Gasteiger partial charge in [-0.2, -0.15) is 9.78 Å². The van der Waals surface area contributed by atoms with Gasteiger partial charge in [0.2, 0.25) is 4.77 Å². The van der Waals surface area contributed by atoms with E-state index >= 15 is 0 Å². The number of benzene rings is 1. The van der Waals surface area contributed by atoms with Crippen molar-refractivity contribution in [1.82, 2.24) is 14.9 Å². The fourth-order valence-corrected chi connectivity index (χ4v) is 1.96. The highest BCUT2D eigenvalue weighted by molar-refractivity contribution is 7.71. The summed E-state index contributed by atoms with van der Waals surface area (Å²) >= 11 is 5.11. The number of nitrogens with one attached hydrogen (secondary N) is 3. The first-order chi connectivity index (χ1) is 9.71. The highest BCUT2D eigenvalue weighted by atomic mass is 32.1. The molecule has 9 heteroatoms. The van der Waals surface area contributed by atoms with Gasteiger partial charge >= 0.3 is 0 Å². The summed E-state index contributed by atoms with van der Waals surface area (Å²) in [5, 5.41) is 10.8. The highest BCUT2D eigenvalue weighted by Gasteiger charge is 2.16. The van der Waals surface area contributed by atoms with E-state index in [-0.39, 0.29) is 0 Å². The van der Waals surface area contributed by atoms with Crippen molar-refractivity contribution in [1.29, 1.82) is 0 Å². The zero-order chi connectivity index (χ0) is 14.1. The smallest absolute Gasteiger partial charge is 0.263 e. The van der Waals surface area contributed by atoms with Gasteiger partial charge in [0, 0.05) is 11.6 Å². The summed E-state index contributed by atoms with van der Waals surface area (Å²) in [5.41, 5.74) is 6.66. The molecule has 0 unspecified atom stereocenters. The number of fused-ring (bicyclic) bond motifs is 1. The van der Waals surface area contributed by atoms with Crippen LogP contribution in [0.4, 0.5) is 5.95 Å². The lowest BCUT2D eigenvalue weighted by molar-refractivity contribution is 0.394. The van der Waals surface area contributed by atoms with Crippen molar-refractivity contribution >= 4 is 24.0 Å². The number of rotatable bonds is 3. The second-order valence-corrected chi connectivity index (χ2v) is 4.36. The first kappa shape index (κ1) is 12.5. The molecule has 104 valence electrons. The number of ether oxygens (including phenoxy) is 2. The lowest BCUT2D eigenvalue weighted by Gasteiger charge is -2.17. The lowest BCUT2D eigenvalue weighted by Crippen LogP contribution is -2.30. The summed E-state index contributed by atoms with van der Waals surface area (Å²) < 4.78 is 12.5. The van der Waals surface area contributed by atoms with Crippen molar-refractivity contribution in [3.8, 4) is 11.5 Å². The quantitative estimate of drug-likeness (QED) is 0.739. The number of hydrazone groups is 1. The van der Waals surface area contributed by atoms with Crippen LogP contribution in [0.5, 0.6) is 11.5 Å². The molecule has 0 bridgehead atoms. The SMILES string of the molecule is COc1cc(OC)cc(C2=NNc3n[nH]c(=S)n3N2)c1. The molecule has 2 aromatic rings. The van der Waals surface area contributed by atoms with Crippen molar-refractivity contribution < 1.29 is 9.47 Å². The van der Waals surface area contributed by atoms with Crippen LogP contribution >= 0.6 is 12.2 Å². The summed E-state index contributed by atoms with van der Waals surface area (Å²) in [7, 11) is 3.19. The Balaban J connectivity index is 2.00. The largest absolute Gasteiger partial charge is 0.497 e.